The molecule has 0 spiro atoms. The Bertz CT molecular complexity index is 908. The van der Waals surface area contributed by atoms with Crippen molar-refractivity contribution in [3.8, 4) is 5.75 Å². The van der Waals surface area contributed by atoms with Crippen molar-refractivity contribution in [2.45, 2.75) is 18.2 Å². The summed E-state index contributed by atoms with van der Waals surface area (Å²) in [6.45, 7) is 2.31. The summed E-state index contributed by atoms with van der Waals surface area (Å²) in [6.07, 6.45) is 0.490. The fourth-order valence-electron chi connectivity index (χ4n) is 2.31. The number of nitrogens with two attached hydrogens (primary N) is 1. The minimum Gasteiger partial charge on any atom is -0.494 e. The van der Waals surface area contributed by atoms with Crippen molar-refractivity contribution in [1.82, 2.24) is 5.32 Å². The van der Waals surface area contributed by atoms with E-state index in [1.54, 1.807) is 36.4 Å². The number of carbonyl (C=O) groups excluding carboxylic acids is 2. The van der Waals surface area contributed by atoms with Crippen molar-refractivity contribution in [2.75, 3.05) is 19.8 Å². The topological polar surface area (TPSA) is 125 Å². The molecule has 0 aromatic heterocycles. The maximum absolute atomic E-state index is 11.9. The second-order valence-corrected chi connectivity index (χ2v) is 7.38. The van der Waals surface area contributed by atoms with Gasteiger partial charge in [0.15, 0.2) is 6.61 Å². The molecule has 0 aliphatic rings. The van der Waals surface area contributed by atoms with Crippen molar-refractivity contribution in [1.29, 1.82) is 0 Å². The van der Waals surface area contributed by atoms with E-state index >= 15 is 0 Å². The Morgan fingerprint density at radius 3 is 2.25 bits per heavy atom. The molecule has 0 saturated carbocycles. The molecule has 2 rings (SSSR count). The monoisotopic (exact) mass is 406 g/mol. The predicted molar refractivity (Wildman–Crippen MR) is 102 cm³/mol. The molecule has 0 aliphatic heterocycles. The van der Waals surface area contributed by atoms with E-state index in [1.165, 1.54) is 12.1 Å². The van der Waals surface area contributed by atoms with Crippen LogP contribution >= 0.6 is 0 Å². The van der Waals surface area contributed by atoms with E-state index in [0.717, 1.165) is 5.56 Å². The van der Waals surface area contributed by atoms with E-state index in [0.29, 0.717) is 30.9 Å². The Morgan fingerprint density at radius 1 is 1.04 bits per heavy atom. The largest absolute Gasteiger partial charge is 0.494 e. The maximum Gasteiger partial charge on any atom is 0.338 e. The average Bonchev–Trinajstić information content (AvgIpc) is 2.67. The highest BCUT2D eigenvalue weighted by atomic mass is 32.2. The fourth-order valence-corrected chi connectivity index (χ4v) is 2.83. The minimum atomic E-state index is -3.72. The summed E-state index contributed by atoms with van der Waals surface area (Å²) in [4.78, 5) is 23.7. The number of amides is 1. The number of hydrogen-bond donors (Lipinski definition) is 2. The summed E-state index contributed by atoms with van der Waals surface area (Å²) in [6, 6.07) is 12.5. The second-order valence-electron chi connectivity index (χ2n) is 5.82. The number of rotatable bonds is 9. The van der Waals surface area contributed by atoms with Crippen LogP contribution in [0.1, 0.15) is 22.8 Å². The van der Waals surface area contributed by atoms with Crippen LogP contribution in [0.25, 0.3) is 0 Å². The zero-order valence-electron chi connectivity index (χ0n) is 15.4. The third-order valence-corrected chi connectivity index (χ3v) is 4.65. The number of carbonyl (C=O) groups is 2. The number of ether oxygens (including phenoxy) is 2. The van der Waals surface area contributed by atoms with Crippen LogP contribution in [-0.4, -0.2) is 40.1 Å². The van der Waals surface area contributed by atoms with Crippen LogP contribution in [0.3, 0.4) is 0 Å². The molecule has 2 aromatic carbocycles. The van der Waals surface area contributed by atoms with Gasteiger partial charge in [-0.15, -0.1) is 0 Å². The Morgan fingerprint density at radius 2 is 1.68 bits per heavy atom. The Labute approximate surface area is 163 Å². The molecule has 2 aromatic rings. The molecular weight excluding hydrogens is 384 g/mol. The molecule has 0 saturated heterocycles. The molecule has 0 radical (unpaired) electrons. The van der Waals surface area contributed by atoms with Gasteiger partial charge < -0.3 is 14.8 Å². The van der Waals surface area contributed by atoms with Gasteiger partial charge >= 0.3 is 5.97 Å². The molecule has 0 aliphatic carbocycles. The normalized spacial score (nSPS) is 10.9. The van der Waals surface area contributed by atoms with Gasteiger partial charge in [0.2, 0.25) is 10.0 Å². The van der Waals surface area contributed by atoms with Crippen LogP contribution in [0.2, 0.25) is 0 Å². The number of sulfonamides is 1. The van der Waals surface area contributed by atoms with Crippen molar-refractivity contribution in [3.05, 3.63) is 59.7 Å². The Hall–Kier alpha value is -2.91. The molecule has 28 heavy (non-hydrogen) atoms. The van der Waals surface area contributed by atoms with E-state index in [1.807, 2.05) is 6.92 Å². The summed E-state index contributed by atoms with van der Waals surface area (Å²) >= 11 is 0. The highest BCUT2D eigenvalue weighted by molar-refractivity contribution is 7.89. The van der Waals surface area contributed by atoms with E-state index in [9.17, 15) is 18.0 Å². The zero-order valence-corrected chi connectivity index (χ0v) is 16.2. The third kappa shape index (κ3) is 6.67. The molecule has 150 valence electrons. The van der Waals surface area contributed by atoms with Crippen LogP contribution in [0.15, 0.2) is 53.4 Å². The molecule has 3 N–H and O–H groups in total. The maximum atomic E-state index is 11.9. The molecule has 1 amide bonds. The first kappa shape index (κ1) is 21.4. The van der Waals surface area contributed by atoms with E-state index in [2.05, 4.69) is 5.32 Å². The first-order valence-electron chi connectivity index (χ1n) is 8.58. The molecule has 0 fully saturated rings. The molecule has 8 nitrogen and oxygen atoms in total. The van der Waals surface area contributed by atoms with Crippen molar-refractivity contribution < 1.29 is 27.5 Å². The van der Waals surface area contributed by atoms with Gasteiger partial charge in [-0.1, -0.05) is 12.1 Å². The van der Waals surface area contributed by atoms with Gasteiger partial charge in [-0.05, 0) is 55.3 Å². The van der Waals surface area contributed by atoms with Gasteiger partial charge in [0.1, 0.15) is 5.75 Å². The molecule has 0 atom stereocenters. The summed E-state index contributed by atoms with van der Waals surface area (Å²) in [5.74, 6) is -0.383. The van der Waals surface area contributed by atoms with Crippen LogP contribution in [0.4, 0.5) is 0 Å². The van der Waals surface area contributed by atoms with Gasteiger partial charge in [-0.25, -0.2) is 18.4 Å². The fraction of sp³-hybridized carbons (Fsp3) is 0.263. The lowest BCUT2D eigenvalue weighted by molar-refractivity contribution is -0.124. The van der Waals surface area contributed by atoms with Gasteiger partial charge in [-0.3, -0.25) is 4.79 Å². The first-order valence-corrected chi connectivity index (χ1v) is 10.1. The van der Waals surface area contributed by atoms with Crippen molar-refractivity contribution in [3.63, 3.8) is 0 Å². The molecular formula is C19H22N2O6S. The SMILES string of the molecule is CCOc1ccc(C(=O)OCC(=O)NCCc2ccc(S(N)(=O)=O)cc2)cc1. The number of esters is 1. The summed E-state index contributed by atoms with van der Waals surface area (Å²) in [5, 5.41) is 7.66. The molecule has 0 heterocycles. The lowest BCUT2D eigenvalue weighted by Gasteiger charge is -2.08. The number of primary sulfonamides is 1. The molecule has 9 heteroatoms. The van der Waals surface area contributed by atoms with E-state index in [-0.39, 0.29) is 4.90 Å². The molecule has 0 bridgehead atoms. The lowest BCUT2D eigenvalue weighted by Crippen LogP contribution is -2.30. The van der Waals surface area contributed by atoms with Crippen LogP contribution < -0.4 is 15.2 Å². The van der Waals surface area contributed by atoms with Crippen LogP contribution in [0, 0.1) is 0 Å². The highest BCUT2D eigenvalue weighted by Crippen LogP contribution is 2.13. The molecule has 0 unspecified atom stereocenters. The second kappa shape index (κ2) is 9.86. The van der Waals surface area contributed by atoms with Gasteiger partial charge in [0.25, 0.3) is 5.91 Å². The van der Waals surface area contributed by atoms with Gasteiger partial charge in [0.05, 0.1) is 17.1 Å². The predicted octanol–water partition coefficient (Wildman–Crippen LogP) is 1.25. The summed E-state index contributed by atoms with van der Waals surface area (Å²) in [5.41, 5.74) is 1.16. The van der Waals surface area contributed by atoms with Gasteiger partial charge in [-0.2, -0.15) is 0 Å². The third-order valence-electron chi connectivity index (χ3n) is 3.72. The number of benzene rings is 2. The Balaban J connectivity index is 1.73. The minimum absolute atomic E-state index is 0.0292. The van der Waals surface area contributed by atoms with Crippen LogP contribution in [-0.2, 0) is 26.0 Å². The zero-order chi connectivity index (χ0) is 20.6. The van der Waals surface area contributed by atoms with Crippen LogP contribution in [0.5, 0.6) is 5.75 Å². The Kier molecular flexibility index (Phi) is 7.53. The van der Waals surface area contributed by atoms with E-state index < -0.39 is 28.5 Å². The standard InChI is InChI=1S/C19H22N2O6S/c1-2-26-16-7-5-15(6-8-16)19(23)27-13-18(22)21-12-11-14-3-9-17(10-4-14)28(20,24)25/h3-10H,2,11-13H2,1H3,(H,21,22)(H2,20,24,25). The lowest BCUT2D eigenvalue weighted by atomic mass is 10.1. The summed E-state index contributed by atoms with van der Waals surface area (Å²) < 4.78 is 32.7. The number of nitrogens with one attached hydrogen (secondary N) is 1. The first-order chi connectivity index (χ1) is 13.3. The average molecular weight is 406 g/mol. The summed E-state index contributed by atoms with van der Waals surface area (Å²) in [7, 11) is -3.72. The quantitative estimate of drug-likeness (QED) is 0.604. The van der Waals surface area contributed by atoms with Crippen molar-refractivity contribution in [2.24, 2.45) is 5.14 Å². The van der Waals surface area contributed by atoms with Gasteiger partial charge in [0, 0.05) is 6.54 Å². The van der Waals surface area contributed by atoms with E-state index in [4.69, 9.17) is 14.6 Å². The smallest absolute Gasteiger partial charge is 0.338 e. The highest BCUT2D eigenvalue weighted by Gasteiger charge is 2.10. The van der Waals surface area contributed by atoms with Crippen molar-refractivity contribution >= 4 is 21.9 Å². The number of hydrogen-bond acceptors (Lipinski definition) is 6.